The number of nitrogens with one attached hydrogen (secondary N) is 1. The Morgan fingerprint density at radius 1 is 1.25 bits per heavy atom. The molecule has 3 aromatic rings. The second-order valence-electron chi connectivity index (χ2n) is 9.11. The van der Waals surface area contributed by atoms with Gasteiger partial charge in [-0.25, -0.2) is 0 Å². The molecule has 3 heterocycles. The van der Waals surface area contributed by atoms with E-state index >= 15 is 0 Å². The molecule has 2 aliphatic rings. The van der Waals surface area contributed by atoms with Crippen molar-refractivity contribution < 1.29 is 9.18 Å². The fourth-order valence-corrected chi connectivity index (χ4v) is 5.52. The molecule has 2 atom stereocenters. The van der Waals surface area contributed by atoms with E-state index in [-0.39, 0.29) is 23.4 Å². The Kier molecular flexibility index (Phi) is 5.65. The van der Waals surface area contributed by atoms with Gasteiger partial charge >= 0.3 is 0 Å². The molecular formula is C24H26BrFN4O2. The van der Waals surface area contributed by atoms with Gasteiger partial charge in [0, 0.05) is 24.6 Å². The summed E-state index contributed by atoms with van der Waals surface area (Å²) in [7, 11) is 0. The molecule has 1 aliphatic carbocycles. The smallest absolute Gasteiger partial charge is 0.274 e. The van der Waals surface area contributed by atoms with Crippen LogP contribution in [-0.2, 0) is 6.42 Å². The van der Waals surface area contributed by atoms with E-state index in [1.54, 1.807) is 4.90 Å². The maximum atomic E-state index is 13.2. The van der Waals surface area contributed by atoms with Crippen molar-refractivity contribution >= 4 is 27.5 Å². The summed E-state index contributed by atoms with van der Waals surface area (Å²) >= 11 is 3.34. The first-order valence-corrected chi connectivity index (χ1v) is 12.0. The number of hydrogen-bond donors (Lipinski definition) is 1. The van der Waals surface area contributed by atoms with Crippen LogP contribution in [0.3, 0.4) is 0 Å². The number of aromatic nitrogens is 3. The number of halogens is 2. The van der Waals surface area contributed by atoms with Crippen molar-refractivity contribution in [2.24, 2.45) is 11.8 Å². The Bertz CT molecular complexity index is 1210. The zero-order chi connectivity index (χ0) is 22.4. The van der Waals surface area contributed by atoms with Crippen molar-refractivity contribution in [1.82, 2.24) is 19.5 Å². The highest BCUT2D eigenvalue weighted by atomic mass is 79.9. The number of nitrogens with zero attached hydrogens (tertiary/aromatic N) is 3. The van der Waals surface area contributed by atoms with Gasteiger partial charge < -0.3 is 9.88 Å². The summed E-state index contributed by atoms with van der Waals surface area (Å²) in [5, 5.41) is 4.21. The van der Waals surface area contributed by atoms with Crippen LogP contribution in [0.5, 0.6) is 0 Å². The topological polar surface area (TPSA) is 70.5 Å². The number of H-pyrrole nitrogens is 1. The van der Waals surface area contributed by atoms with E-state index < -0.39 is 6.67 Å². The van der Waals surface area contributed by atoms with E-state index in [1.165, 1.54) is 41.8 Å². The van der Waals surface area contributed by atoms with Crippen LogP contribution in [0.15, 0.2) is 39.7 Å². The lowest BCUT2D eigenvalue weighted by Crippen LogP contribution is -2.57. The fourth-order valence-electron chi connectivity index (χ4n) is 5.00. The van der Waals surface area contributed by atoms with Gasteiger partial charge in [-0.3, -0.25) is 14.0 Å². The Morgan fingerprint density at radius 3 is 2.62 bits per heavy atom. The van der Waals surface area contributed by atoms with Crippen LogP contribution in [0.1, 0.15) is 48.5 Å². The van der Waals surface area contributed by atoms with Gasteiger partial charge in [-0.15, -0.1) is 0 Å². The second kappa shape index (κ2) is 8.46. The van der Waals surface area contributed by atoms with Gasteiger partial charge in [0.15, 0.2) is 5.65 Å². The molecule has 1 saturated carbocycles. The summed E-state index contributed by atoms with van der Waals surface area (Å²) < 4.78 is 14.5. The molecule has 1 aromatic carbocycles. The Morgan fingerprint density at radius 2 is 1.97 bits per heavy atom. The second-order valence-corrected chi connectivity index (χ2v) is 9.86. The van der Waals surface area contributed by atoms with Crippen LogP contribution in [0.2, 0.25) is 0 Å². The largest absolute Gasteiger partial charge is 0.339 e. The standard InChI is InChI=1S/C24H26BrFN4O2/c1-14-18(12-26)13-29(14)24(32)21-22(25)28-30-20(31)11-19(27-23(21)30)17-8-6-16(7-9-17)10-15-4-2-3-5-15/h6-9,11,14-15,18,27H,2-5,10,12-13H2,1H3/t14-,18-/m0/s1. The van der Waals surface area contributed by atoms with Gasteiger partial charge in [-0.1, -0.05) is 49.9 Å². The lowest BCUT2D eigenvalue weighted by molar-refractivity contribution is 0.0140. The van der Waals surface area contributed by atoms with Crippen molar-refractivity contribution in [3.05, 3.63) is 56.4 Å². The highest BCUT2D eigenvalue weighted by Gasteiger charge is 2.40. The number of amides is 1. The third-order valence-electron chi connectivity index (χ3n) is 7.11. The minimum atomic E-state index is -0.446. The summed E-state index contributed by atoms with van der Waals surface area (Å²) in [6.45, 7) is 1.76. The minimum Gasteiger partial charge on any atom is -0.339 e. The Balaban J connectivity index is 1.47. The summed E-state index contributed by atoms with van der Waals surface area (Å²) in [6, 6.07) is 9.58. The van der Waals surface area contributed by atoms with Crippen molar-refractivity contribution in [1.29, 1.82) is 0 Å². The average molecular weight is 501 g/mol. The Labute approximate surface area is 193 Å². The van der Waals surface area contributed by atoms with E-state index in [0.29, 0.717) is 28.1 Å². The molecule has 168 valence electrons. The molecule has 0 unspecified atom stereocenters. The molecule has 1 N–H and O–H groups in total. The monoisotopic (exact) mass is 500 g/mol. The van der Waals surface area contributed by atoms with Crippen LogP contribution < -0.4 is 5.56 Å². The molecule has 0 radical (unpaired) electrons. The zero-order valence-electron chi connectivity index (χ0n) is 18.0. The SMILES string of the molecule is C[C@H]1[C@@H](CF)CN1C(=O)c1c(Br)nn2c(=O)cc(-c3ccc(CC4CCCC4)cc3)[nH]c12. The number of fused-ring (bicyclic) bond motifs is 1. The molecule has 0 spiro atoms. The summed E-state index contributed by atoms with van der Waals surface area (Å²) in [5.41, 5.74) is 3.14. The number of carbonyl (C=O) groups is 1. The predicted molar refractivity (Wildman–Crippen MR) is 125 cm³/mol. The van der Waals surface area contributed by atoms with Gasteiger partial charge in [0.2, 0.25) is 0 Å². The molecule has 1 saturated heterocycles. The molecule has 1 aliphatic heterocycles. The quantitative estimate of drug-likeness (QED) is 0.555. The van der Waals surface area contributed by atoms with E-state index in [4.69, 9.17) is 0 Å². The minimum absolute atomic E-state index is 0.142. The molecule has 8 heteroatoms. The van der Waals surface area contributed by atoms with Gasteiger partial charge in [-0.05, 0) is 46.3 Å². The van der Waals surface area contributed by atoms with E-state index in [9.17, 15) is 14.0 Å². The number of aromatic amines is 1. The maximum Gasteiger partial charge on any atom is 0.274 e. The van der Waals surface area contributed by atoms with Crippen molar-refractivity contribution in [2.45, 2.75) is 45.1 Å². The summed E-state index contributed by atoms with van der Waals surface area (Å²) in [5.74, 6) is 0.372. The molecular weight excluding hydrogens is 475 g/mol. The van der Waals surface area contributed by atoms with Crippen LogP contribution in [0.4, 0.5) is 4.39 Å². The van der Waals surface area contributed by atoms with E-state index in [2.05, 4.69) is 38.1 Å². The molecule has 1 amide bonds. The van der Waals surface area contributed by atoms with Crippen molar-refractivity contribution in [2.75, 3.05) is 13.2 Å². The lowest BCUT2D eigenvalue weighted by Gasteiger charge is -2.45. The number of rotatable bonds is 5. The van der Waals surface area contributed by atoms with Crippen molar-refractivity contribution in [3.8, 4) is 11.3 Å². The molecule has 0 bridgehead atoms. The number of carbonyl (C=O) groups excluding carboxylic acids is 1. The average Bonchev–Trinajstić information content (AvgIpc) is 3.40. The zero-order valence-corrected chi connectivity index (χ0v) is 19.6. The third kappa shape index (κ3) is 3.68. The van der Waals surface area contributed by atoms with Crippen LogP contribution >= 0.6 is 15.9 Å². The first kappa shape index (κ1) is 21.4. The maximum absolute atomic E-state index is 13.2. The molecule has 2 fully saturated rings. The molecule has 5 rings (SSSR count). The lowest BCUT2D eigenvalue weighted by atomic mass is 9.90. The highest BCUT2D eigenvalue weighted by molar-refractivity contribution is 9.10. The fraction of sp³-hybridized carbons (Fsp3) is 0.458. The first-order chi connectivity index (χ1) is 15.5. The van der Waals surface area contributed by atoms with Crippen LogP contribution in [0.25, 0.3) is 16.9 Å². The van der Waals surface area contributed by atoms with Gasteiger partial charge in [0.25, 0.3) is 11.5 Å². The van der Waals surface area contributed by atoms with E-state index in [1.807, 2.05) is 19.1 Å². The van der Waals surface area contributed by atoms with Crippen LogP contribution in [-0.4, -0.2) is 44.7 Å². The van der Waals surface area contributed by atoms with E-state index in [0.717, 1.165) is 17.9 Å². The molecule has 2 aromatic heterocycles. The van der Waals surface area contributed by atoms with Gasteiger partial charge in [-0.2, -0.15) is 9.61 Å². The van der Waals surface area contributed by atoms with Crippen molar-refractivity contribution in [3.63, 3.8) is 0 Å². The summed E-state index contributed by atoms with van der Waals surface area (Å²) in [6.07, 6.45) is 6.37. The van der Waals surface area contributed by atoms with Gasteiger partial charge in [0.1, 0.15) is 10.2 Å². The third-order valence-corrected chi connectivity index (χ3v) is 7.67. The first-order valence-electron chi connectivity index (χ1n) is 11.2. The number of benzene rings is 1. The molecule has 32 heavy (non-hydrogen) atoms. The highest BCUT2D eigenvalue weighted by Crippen LogP contribution is 2.31. The molecule has 6 nitrogen and oxygen atoms in total. The number of alkyl halides is 1. The number of likely N-dealkylation sites (tertiary alicyclic amines) is 1. The predicted octanol–water partition coefficient (Wildman–Crippen LogP) is 4.61. The van der Waals surface area contributed by atoms with Gasteiger partial charge in [0.05, 0.1) is 12.4 Å². The summed E-state index contributed by atoms with van der Waals surface area (Å²) in [4.78, 5) is 30.8. The van der Waals surface area contributed by atoms with Crippen LogP contribution in [0, 0.1) is 11.8 Å². The Hall–Kier alpha value is -2.48. The number of hydrogen-bond acceptors (Lipinski definition) is 3. The normalized spacial score (nSPS) is 21.3.